The average molecular weight is 463 g/mol. The zero-order chi connectivity index (χ0) is 23.9. The van der Waals surface area contributed by atoms with Crippen LogP contribution in [-0.2, 0) is 14.3 Å². The van der Waals surface area contributed by atoms with E-state index in [4.69, 9.17) is 4.74 Å². The molecule has 0 aromatic heterocycles. The Labute approximate surface area is 198 Å². The highest BCUT2D eigenvalue weighted by molar-refractivity contribution is 5.84. The van der Waals surface area contributed by atoms with Crippen LogP contribution in [0.3, 0.4) is 0 Å². The SMILES string of the molecule is CC1(C(=O)O)CCCC1NC(=O)C1CC1CNC(=O)OCC1c2ccccc2-c2ccccc21. The van der Waals surface area contributed by atoms with Crippen molar-refractivity contribution in [2.45, 2.75) is 44.6 Å². The molecule has 7 nitrogen and oxygen atoms in total. The lowest BCUT2D eigenvalue weighted by Gasteiger charge is -2.27. The smallest absolute Gasteiger partial charge is 0.407 e. The van der Waals surface area contributed by atoms with Crippen molar-refractivity contribution in [1.29, 1.82) is 0 Å². The molecule has 3 aliphatic rings. The molecule has 0 spiro atoms. The van der Waals surface area contributed by atoms with E-state index in [2.05, 4.69) is 34.9 Å². The Kier molecular flexibility index (Phi) is 5.80. The molecule has 4 unspecified atom stereocenters. The van der Waals surface area contributed by atoms with Gasteiger partial charge in [-0.3, -0.25) is 9.59 Å². The van der Waals surface area contributed by atoms with Crippen molar-refractivity contribution in [3.05, 3.63) is 59.7 Å². The Bertz CT molecular complexity index is 1090. The number of rotatable bonds is 7. The maximum atomic E-state index is 12.6. The second-order valence-corrected chi connectivity index (χ2v) is 9.98. The summed E-state index contributed by atoms with van der Waals surface area (Å²) in [6, 6.07) is 16.0. The molecule has 3 N–H and O–H groups in total. The molecule has 7 heteroatoms. The van der Waals surface area contributed by atoms with Gasteiger partial charge in [-0.1, -0.05) is 55.0 Å². The summed E-state index contributed by atoms with van der Waals surface area (Å²) in [5, 5.41) is 15.3. The van der Waals surface area contributed by atoms with Gasteiger partial charge in [0.2, 0.25) is 5.91 Å². The van der Waals surface area contributed by atoms with E-state index in [-0.39, 0.29) is 36.3 Å². The van der Waals surface area contributed by atoms with Crippen LogP contribution >= 0.6 is 0 Å². The lowest BCUT2D eigenvalue weighted by atomic mass is 9.85. The standard InChI is InChI=1S/C27H30N2O5/c1-27(25(31)32)12-6-11-23(27)29-24(30)21-13-16(21)14-28-26(33)34-15-22-19-9-4-2-7-17(19)18-8-3-5-10-20(18)22/h2-5,7-10,16,21-23H,6,11-15H2,1H3,(H,28,33)(H,29,30)(H,31,32). The van der Waals surface area contributed by atoms with Crippen molar-refractivity contribution in [3.8, 4) is 11.1 Å². The molecule has 5 rings (SSSR count). The van der Waals surface area contributed by atoms with Crippen LogP contribution in [0.15, 0.2) is 48.5 Å². The number of amides is 2. The Morgan fingerprint density at radius 2 is 1.71 bits per heavy atom. The fraction of sp³-hybridized carbons (Fsp3) is 0.444. The first-order valence-electron chi connectivity index (χ1n) is 12.0. The van der Waals surface area contributed by atoms with Crippen LogP contribution in [0.4, 0.5) is 4.79 Å². The second kappa shape index (κ2) is 8.78. The maximum absolute atomic E-state index is 12.6. The van der Waals surface area contributed by atoms with Crippen molar-refractivity contribution < 1.29 is 24.2 Å². The number of carboxylic acids is 1. The van der Waals surface area contributed by atoms with E-state index in [0.717, 1.165) is 17.5 Å². The van der Waals surface area contributed by atoms with Crippen molar-refractivity contribution in [2.75, 3.05) is 13.2 Å². The molecule has 34 heavy (non-hydrogen) atoms. The van der Waals surface area contributed by atoms with Gasteiger partial charge in [0, 0.05) is 24.4 Å². The molecular formula is C27H30N2O5. The fourth-order valence-corrected chi connectivity index (χ4v) is 5.59. The van der Waals surface area contributed by atoms with Crippen LogP contribution in [0.1, 0.15) is 49.7 Å². The average Bonchev–Trinajstić information content (AvgIpc) is 3.43. The molecule has 3 aliphatic carbocycles. The van der Waals surface area contributed by atoms with E-state index in [0.29, 0.717) is 25.8 Å². The summed E-state index contributed by atoms with van der Waals surface area (Å²) in [7, 11) is 0. The number of hydrogen-bond donors (Lipinski definition) is 3. The Balaban J connectivity index is 1.10. The Hall–Kier alpha value is -3.35. The molecule has 0 radical (unpaired) electrons. The summed E-state index contributed by atoms with van der Waals surface area (Å²) in [5.74, 6) is -1.10. The molecule has 2 amide bonds. The predicted octanol–water partition coefficient (Wildman–Crippen LogP) is 3.92. The van der Waals surface area contributed by atoms with E-state index >= 15 is 0 Å². The number of hydrogen-bond acceptors (Lipinski definition) is 4. The summed E-state index contributed by atoms with van der Waals surface area (Å²) >= 11 is 0. The van der Waals surface area contributed by atoms with Gasteiger partial charge < -0.3 is 20.5 Å². The first-order valence-corrected chi connectivity index (χ1v) is 12.0. The predicted molar refractivity (Wildman–Crippen MR) is 126 cm³/mol. The molecular weight excluding hydrogens is 432 g/mol. The van der Waals surface area contributed by atoms with Gasteiger partial charge >= 0.3 is 12.1 Å². The van der Waals surface area contributed by atoms with E-state index in [1.54, 1.807) is 6.92 Å². The van der Waals surface area contributed by atoms with Gasteiger partial charge in [-0.05, 0) is 54.4 Å². The number of aliphatic carboxylic acids is 1. The van der Waals surface area contributed by atoms with Gasteiger partial charge in [-0.15, -0.1) is 0 Å². The molecule has 178 valence electrons. The van der Waals surface area contributed by atoms with Gasteiger partial charge in [0.15, 0.2) is 0 Å². The third-order valence-electron chi connectivity index (χ3n) is 7.87. The minimum absolute atomic E-state index is 0.00700. The summed E-state index contributed by atoms with van der Waals surface area (Å²) in [6.45, 7) is 2.33. The van der Waals surface area contributed by atoms with Gasteiger partial charge in [0.25, 0.3) is 0 Å². The lowest BCUT2D eigenvalue weighted by molar-refractivity contribution is -0.149. The van der Waals surface area contributed by atoms with E-state index < -0.39 is 17.5 Å². The van der Waals surface area contributed by atoms with Crippen molar-refractivity contribution in [1.82, 2.24) is 10.6 Å². The normalized spacial score (nSPS) is 26.9. The van der Waals surface area contributed by atoms with Crippen LogP contribution in [0, 0.1) is 17.3 Å². The van der Waals surface area contributed by atoms with Gasteiger partial charge in [0.05, 0.1) is 5.41 Å². The highest BCUT2D eigenvalue weighted by atomic mass is 16.5. The Morgan fingerprint density at radius 1 is 1.06 bits per heavy atom. The van der Waals surface area contributed by atoms with Crippen LogP contribution in [0.5, 0.6) is 0 Å². The third kappa shape index (κ3) is 4.04. The molecule has 4 atom stereocenters. The van der Waals surface area contributed by atoms with Crippen LogP contribution < -0.4 is 10.6 Å². The number of carbonyl (C=O) groups excluding carboxylic acids is 2. The number of ether oxygens (including phenoxy) is 1. The third-order valence-corrected chi connectivity index (χ3v) is 7.87. The largest absolute Gasteiger partial charge is 0.481 e. The zero-order valence-corrected chi connectivity index (χ0v) is 19.3. The van der Waals surface area contributed by atoms with E-state index in [1.807, 2.05) is 24.3 Å². The number of alkyl carbamates (subject to hydrolysis) is 1. The van der Waals surface area contributed by atoms with Crippen LogP contribution in [-0.4, -0.2) is 42.3 Å². The molecule has 2 aromatic carbocycles. The summed E-state index contributed by atoms with van der Waals surface area (Å²) < 4.78 is 5.56. The minimum Gasteiger partial charge on any atom is -0.481 e. The van der Waals surface area contributed by atoms with Crippen LogP contribution in [0.25, 0.3) is 11.1 Å². The molecule has 2 aromatic rings. The van der Waals surface area contributed by atoms with Gasteiger partial charge in [-0.2, -0.15) is 0 Å². The number of nitrogens with one attached hydrogen (secondary N) is 2. The molecule has 0 bridgehead atoms. The van der Waals surface area contributed by atoms with Crippen LogP contribution in [0.2, 0.25) is 0 Å². The summed E-state index contributed by atoms with van der Waals surface area (Å²) in [6.07, 6.45) is 2.26. The first kappa shape index (κ1) is 22.4. The quantitative estimate of drug-likeness (QED) is 0.579. The fourth-order valence-electron chi connectivity index (χ4n) is 5.59. The van der Waals surface area contributed by atoms with Gasteiger partial charge in [0.1, 0.15) is 6.61 Å². The van der Waals surface area contributed by atoms with Crippen molar-refractivity contribution in [3.63, 3.8) is 0 Å². The number of carbonyl (C=O) groups is 3. The minimum atomic E-state index is -0.903. The second-order valence-electron chi connectivity index (χ2n) is 9.98. The maximum Gasteiger partial charge on any atom is 0.407 e. The molecule has 0 aliphatic heterocycles. The molecule has 2 saturated carbocycles. The monoisotopic (exact) mass is 462 g/mol. The first-order chi connectivity index (χ1) is 16.4. The van der Waals surface area contributed by atoms with E-state index in [1.165, 1.54) is 11.1 Å². The topological polar surface area (TPSA) is 105 Å². The molecule has 2 fully saturated rings. The highest BCUT2D eigenvalue weighted by Crippen LogP contribution is 2.45. The molecule has 0 saturated heterocycles. The summed E-state index contributed by atoms with van der Waals surface area (Å²) in [5.41, 5.74) is 3.78. The van der Waals surface area contributed by atoms with Crippen molar-refractivity contribution in [2.24, 2.45) is 17.3 Å². The number of carboxylic acid groups (broad SMARTS) is 1. The summed E-state index contributed by atoms with van der Waals surface area (Å²) in [4.78, 5) is 36.6. The number of fused-ring (bicyclic) bond motifs is 3. The van der Waals surface area contributed by atoms with Crippen molar-refractivity contribution >= 4 is 18.0 Å². The lowest BCUT2D eigenvalue weighted by Crippen LogP contribution is -2.47. The Morgan fingerprint density at radius 3 is 2.35 bits per heavy atom. The zero-order valence-electron chi connectivity index (χ0n) is 19.3. The highest BCUT2D eigenvalue weighted by Gasteiger charge is 2.49. The number of benzene rings is 2. The van der Waals surface area contributed by atoms with E-state index in [9.17, 15) is 19.5 Å². The molecule has 0 heterocycles. The van der Waals surface area contributed by atoms with Gasteiger partial charge in [-0.25, -0.2) is 4.79 Å².